The molecular weight excluding hydrogens is 396 g/mol. The zero-order valence-corrected chi connectivity index (χ0v) is 16.6. The van der Waals surface area contributed by atoms with E-state index in [-0.39, 0.29) is 12.0 Å². The van der Waals surface area contributed by atoms with Gasteiger partial charge >= 0.3 is 0 Å². The highest BCUT2D eigenvalue weighted by molar-refractivity contribution is 7.12. The van der Waals surface area contributed by atoms with Crippen LogP contribution in [0.3, 0.4) is 0 Å². The van der Waals surface area contributed by atoms with Crippen molar-refractivity contribution in [3.63, 3.8) is 0 Å². The Morgan fingerprint density at radius 3 is 2.93 bits per heavy atom. The van der Waals surface area contributed by atoms with Gasteiger partial charge in [0.05, 0.1) is 17.5 Å². The zero-order chi connectivity index (χ0) is 20.2. The summed E-state index contributed by atoms with van der Waals surface area (Å²) in [5, 5.41) is 1.88. The molecule has 1 fully saturated rings. The van der Waals surface area contributed by atoms with E-state index in [0.29, 0.717) is 35.9 Å². The van der Waals surface area contributed by atoms with Gasteiger partial charge < -0.3 is 14.2 Å². The fraction of sp³-hybridized carbons (Fsp3) is 0.333. The van der Waals surface area contributed by atoms with Gasteiger partial charge in [0.1, 0.15) is 5.82 Å². The first kappa shape index (κ1) is 19.7. The molecule has 29 heavy (non-hydrogen) atoms. The van der Waals surface area contributed by atoms with E-state index >= 15 is 0 Å². The Labute approximate surface area is 171 Å². The second-order valence-corrected chi connectivity index (χ2v) is 7.97. The minimum Gasteiger partial charge on any atom is -0.376 e. The number of nitrogens with zero attached hydrogens (tertiary/aromatic N) is 3. The van der Waals surface area contributed by atoms with Crippen molar-refractivity contribution in [2.45, 2.75) is 32.0 Å². The van der Waals surface area contributed by atoms with E-state index < -0.39 is 11.6 Å². The minimum absolute atomic E-state index is 0.0218. The monoisotopic (exact) mass is 417 g/mol. The van der Waals surface area contributed by atoms with Crippen LogP contribution in [-0.2, 0) is 17.8 Å². The van der Waals surface area contributed by atoms with Crippen LogP contribution in [0.4, 0.5) is 8.78 Å². The molecule has 0 N–H and O–H groups in total. The number of rotatable bonds is 7. The van der Waals surface area contributed by atoms with Crippen molar-refractivity contribution in [2.24, 2.45) is 0 Å². The van der Waals surface area contributed by atoms with E-state index in [1.54, 1.807) is 23.4 Å². The molecule has 1 aliphatic heterocycles. The number of amides is 1. The van der Waals surface area contributed by atoms with Crippen molar-refractivity contribution < 1.29 is 18.3 Å². The van der Waals surface area contributed by atoms with Crippen LogP contribution in [0.1, 0.15) is 33.9 Å². The van der Waals surface area contributed by atoms with Crippen molar-refractivity contribution in [1.82, 2.24) is 14.5 Å². The number of halogens is 2. The van der Waals surface area contributed by atoms with Gasteiger partial charge in [-0.15, -0.1) is 11.3 Å². The molecule has 0 aliphatic carbocycles. The van der Waals surface area contributed by atoms with Gasteiger partial charge in [0.15, 0.2) is 11.6 Å². The maximum atomic E-state index is 13.5. The summed E-state index contributed by atoms with van der Waals surface area (Å²) in [5.74, 6) is -1.13. The number of imidazole rings is 1. The average Bonchev–Trinajstić information content (AvgIpc) is 3.47. The van der Waals surface area contributed by atoms with Crippen LogP contribution in [0.5, 0.6) is 0 Å². The Bertz CT molecular complexity index is 968. The molecule has 1 aliphatic rings. The van der Waals surface area contributed by atoms with Gasteiger partial charge in [0, 0.05) is 32.1 Å². The van der Waals surface area contributed by atoms with E-state index in [1.165, 1.54) is 17.4 Å². The average molecular weight is 417 g/mol. The third-order valence-corrected chi connectivity index (χ3v) is 5.80. The number of hydrogen-bond acceptors (Lipinski definition) is 4. The van der Waals surface area contributed by atoms with Crippen molar-refractivity contribution in [3.05, 3.63) is 76.0 Å². The maximum Gasteiger partial charge on any atom is 0.264 e. The van der Waals surface area contributed by atoms with E-state index in [2.05, 4.69) is 4.98 Å². The van der Waals surface area contributed by atoms with Crippen molar-refractivity contribution in [1.29, 1.82) is 0 Å². The summed E-state index contributed by atoms with van der Waals surface area (Å²) >= 11 is 1.40. The summed E-state index contributed by atoms with van der Waals surface area (Å²) in [6.45, 7) is 1.87. The SMILES string of the molecule is O=C(c1cccs1)N(Cc1nccn1Cc1ccc(F)c(F)c1)C[C@H]1CCCO1. The van der Waals surface area contributed by atoms with Gasteiger partial charge in [-0.3, -0.25) is 4.79 Å². The number of hydrogen-bond donors (Lipinski definition) is 0. The molecule has 4 rings (SSSR count). The van der Waals surface area contributed by atoms with E-state index in [9.17, 15) is 13.6 Å². The lowest BCUT2D eigenvalue weighted by atomic mass is 10.2. The first-order valence-corrected chi connectivity index (χ1v) is 10.4. The summed E-state index contributed by atoms with van der Waals surface area (Å²) in [6.07, 6.45) is 5.37. The maximum absolute atomic E-state index is 13.5. The van der Waals surface area contributed by atoms with Gasteiger partial charge in [0.2, 0.25) is 0 Å². The Hall–Kier alpha value is -2.58. The van der Waals surface area contributed by atoms with Crippen LogP contribution < -0.4 is 0 Å². The van der Waals surface area contributed by atoms with Crippen LogP contribution in [0.2, 0.25) is 0 Å². The molecule has 8 heteroatoms. The number of carbonyl (C=O) groups excluding carboxylic acids is 1. The highest BCUT2D eigenvalue weighted by Crippen LogP contribution is 2.19. The quantitative estimate of drug-likeness (QED) is 0.582. The number of aromatic nitrogens is 2. The smallest absolute Gasteiger partial charge is 0.264 e. The molecule has 1 aromatic carbocycles. The summed E-state index contributed by atoms with van der Waals surface area (Å²) in [5.41, 5.74) is 0.624. The first-order chi connectivity index (χ1) is 14.1. The van der Waals surface area contributed by atoms with E-state index in [0.717, 1.165) is 25.5 Å². The molecule has 1 amide bonds. The lowest BCUT2D eigenvalue weighted by Crippen LogP contribution is -2.37. The molecule has 1 atom stereocenters. The zero-order valence-electron chi connectivity index (χ0n) is 15.8. The predicted molar refractivity (Wildman–Crippen MR) is 106 cm³/mol. The fourth-order valence-corrected chi connectivity index (χ4v) is 4.14. The normalized spacial score (nSPS) is 16.3. The van der Waals surface area contributed by atoms with Crippen LogP contribution in [-0.4, -0.2) is 39.6 Å². The molecule has 3 aromatic rings. The molecule has 1 saturated heterocycles. The number of thiophene rings is 1. The summed E-state index contributed by atoms with van der Waals surface area (Å²) < 4.78 is 34.3. The summed E-state index contributed by atoms with van der Waals surface area (Å²) in [4.78, 5) is 19.8. The fourth-order valence-electron chi connectivity index (χ4n) is 3.45. The molecule has 0 bridgehead atoms. The third-order valence-electron chi connectivity index (χ3n) is 4.94. The second-order valence-electron chi connectivity index (χ2n) is 7.02. The lowest BCUT2D eigenvalue weighted by molar-refractivity contribution is 0.0502. The molecule has 5 nitrogen and oxygen atoms in total. The van der Waals surface area contributed by atoms with Crippen LogP contribution in [0.25, 0.3) is 0 Å². The highest BCUT2D eigenvalue weighted by atomic mass is 32.1. The van der Waals surface area contributed by atoms with Crippen LogP contribution in [0.15, 0.2) is 48.1 Å². The second kappa shape index (κ2) is 8.84. The Morgan fingerprint density at radius 2 is 2.21 bits per heavy atom. The molecule has 2 aromatic heterocycles. The molecule has 152 valence electrons. The predicted octanol–water partition coefficient (Wildman–Crippen LogP) is 4.09. The molecule has 0 spiro atoms. The number of ether oxygens (including phenoxy) is 1. The van der Waals surface area contributed by atoms with Crippen molar-refractivity contribution in [2.75, 3.05) is 13.2 Å². The van der Waals surface area contributed by atoms with Gasteiger partial charge in [-0.2, -0.15) is 0 Å². The molecular formula is C21H21F2N3O2S. The molecule has 0 radical (unpaired) electrons. The van der Waals surface area contributed by atoms with Crippen LogP contribution >= 0.6 is 11.3 Å². The minimum atomic E-state index is -0.878. The summed E-state index contributed by atoms with van der Waals surface area (Å²) in [7, 11) is 0. The highest BCUT2D eigenvalue weighted by Gasteiger charge is 2.25. The van der Waals surface area contributed by atoms with Gasteiger partial charge in [-0.25, -0.2) is 13.8 Å². The topological polar surface area (TPSA) is 47.4 Å². The standard InChI is InChI=1S/C21H21F2N3O2S/c22-17-6-5-15(11-18(17)23)12-25-8-7-24-20(25)14-26(13-16-3-1-9-28-16)21(27)19-4-2-10-29-19/h2,4-8,10-11,16H,1,3,9,12-14H2/t16-/m1/s1. The van der Waals surface area contributed by atoms with Crippen molar-refractivity contribution in [3.8, 4) is 0 Å². The molecule has 0 unspecified atom stereocenters. The number of carbonyl (C=O) groups is 1. The van der Waals surface area contributed by atoms with Gasteiger partial charge in [0.25, 0.3) is 5.91 Å². The van der Waals surface area contributed by atoms with E-state index in [4.69, 9.17) is 4.74 Å². The first-order valence-electron chi connectivity index (χ1n) is 9.48. The Balaban J connectivity index is 1.53. The summed E-state index contributed by atoms with van der Waals surface area (Å²) in [6, 6.07) is 7.50. The lowest BCUT2D eigenvalue weighted by Gasteiger charge is -2.25. The molecule has 3 heterocycles. The number of benzene rings is 1. The Kier molecular flexibility index (Phi) is 6.01. The van der Waals surface area contributed by atoms with Gasteiger partial charge in [-0.1, -0.05) is 12.1 Å². The van der Waals surface area contributed by atoms with E-state index in [1.807, 2.05) is 22.1 Å². The third kappa shape index (κ3) is 4.71. The van der Waals surface area contributed by atoms with Gasteiger partial charge in [-0.05, 0) is 42.0 Å². The largest absolute Gasteiger partial charge is 0.376 e. The van der Waals surface area contributed by atoms with Crippen LogP contribution in [0, 0.1) is 11.6 Å². The van der Waals surface area contributed by atoms with Crippen molar-refractivity contribution >= 4 is 17.2 Å². The molecule has 0 saturated carbocycles. The Morgan fingerprint density at radius 1 is 1.31 bits per heavy atom.